The first-order valence-corrected chi connectivity index (χ1v) is 7.68. The summed E-state index contributed by atoms with van der Waals surface area (Å²) in [6.07, 6.45) is 1.78. The molecule has 0 bridgehead atoms. The standard InChI is InChI=1S/C15H21Cl2NO2/c1-11(12-6-13(16)8-14(17)7-12)18-9-15(10-19)2-4-20-5-3-15/h6-8,11,18-19H,2-5,9-10H2,1H3. The molecule has 5 heteroatoms. The van der Waals surface area contributed by atoms with Gasteiger partial charge in [0.1, 0.15) is 0 Å². The molecular formula is C15H21Cl2NO2. The molecule has 2 rings (SSSR count). The lowest BCUT2D eigenvalue weighted by Crippen LogP contribution is -2.42. The minimum atomic E-state index is -0.0745. The van der Waals surface area contributed by atoms with Crippen LogP contribution in [0.2, 0.25) is 10.0 Å². The molecule has 1 saturated heterocycles. The van der Waals surface area contributed by atoms with Gasteiger partial charge >= 0.3 is 0 Å². The van der Waals surface area contributed by atoms with Crippen molar-refractivity contribution in [2.75, 3.05) is 26.4 Å². The van der Waals surface area contributed by atoms with Gasteiger partial charge in [0.05, 0.1) is 6.61 Å². The van der Waals surface area contributed by atoms with Crippen molar-refractivity contribution in [2.45, 2.75) is 25.8 Å². The molecule has 0 spiro atoms. The van der Waals surface area contributed by atoms with Crippen LogP contribution in [0.1, 0.15) is 31.4 Å². The zero-order valence-electron chi connectivity index (χ0n) is 11.7. The third-order valence-corrected chi connectivity index (χ3v) is 4.49. The topological polar surface area (TPSA) is 41.5 Å². The molecular weight excluding hydrogens is 297 g/mol. The molecule has 1 aromatic rings. The minimum absolute atomic E-state index is 0.0745. The highest BCUT2D eigenvalue weighted by Gasteiger charge is 2.32. The molecule has 1 aliphatic heterocycles. The van der Waals surface area contributed by atoms with Gasteiger partial charge in [0.15, 0.2) is 0 Å². The molecule has 1 heterocycles. The Bertz CT molecular complexity index is 427. The van der Waals surface area contributed by atoms with Crippen LogP contribution in [0.4, 0.5) is 0 Å². The highest BCUT2D eigenvalue weighted by atomic mass is 35.5. The summed E-state index contributed by atoms with van der Waals surface area (Å²) in [5.74, 6) is 0. The molecule has 1 aromatic carbocycles. The van der Waals surface area contributed by atoms with Gasteiger partial charge in [-0.3, -0.25) is 0 Å². The van der Waals surface area contributed by atoms with Gasteiger partial charge in [0.2, 0.25) is 0 Å². The fourth-order valence-electron chi connectivity index (χ4n) is 2.51. The number of halogens is 2. The Labute approximate surface area is 130 Å². The summed E-state index contributed by atoms with van der Waals surface area (Å²) in [5, 5.41) is 14.4. The van der Waals surface area contributed by atoms with E-state index in [1.54, 1.807) is 6.07 Å². The van der Waals surface area contributed by atoms with Crippen molar-refractivity contribution in [2.24, 2.45) is 5.41 Å². The van der Waals surface area contributed by atoms with E-state index in [1.165, 1.54) is 0 Å². The van der Waals surface area contributed by atoms with E-state index in [1.807, 2.05) is 12.1 Å². The number of hydrogen-bond acceptors (Lipinski definition) is 3. The fourth-order valence-corrected chi connectivity index (χ4v) is 3.05. The average Bonchev–Trinajstić information content (AvgIpc) is 2.45. The van der Waals surface area contributed by atoms with Crippen LogP contribution in [0, 0.1) is 5.41 Å². The fraction of sp³-hybridized carbons (Fsp3) is 0.600. The highest BCUT2D eigenvalue weighted by Crippen LogP contribution is 2.30. The first kappa shape index (κ1) is 16.1. The van der Waals surface area contributed by atoms with E-state index in [4.69, 9.17) is 27.9 Å². The SMILES string of the molecule is CC(NCC1(CO)CCOCC1)c1cc(Cl)cc(Cl)c1. The summed E-state index contributed by atoms with van der Waals surface area (Å²) < 4.78 is 5.38. The van der Waals surface area contributed by atoms with Crippen LogP contribution >= 0.6 is 23.2 Å². The monoisotopic (exact) mass is 317 g/mol. The Kier molecular flexibility index (Phi) is 5.70. The van der Waals surface area contributed by atoms with Crippen molar-refractivity contribution < 1.29 is 9.84 Å². The number of aliphatic hydroxyl groups is 1. The van der Waals surface area contributed by atoms with Gasteiger partial charge in [0, 0.05) is 41.3 Å². The number of rotatable bonds is 5. The van der Waals surface area contributed by atoms with E-state index >= 15 is 0 Å². The summed E-state index contributed by atoms with van der Waals surface area (Å²) in [5.41, 5.74) is 0.983. The molecule has 112 valence electrons. The second-order valence-corrected chi connectivity index (χ2v) is 6.45. The lowest BCUT2D eigenvalue weighted by atomic mass is 9.80. The third-order valence-electron chi connectivity index (χ3n) is 4.06. The number of hydrogen-bond donors (Lipinski definition) is 2. The zero-order valence-corrected chi connectivity index (χ0v) is 13.2. The molecule has 20 heavy (non-hydrogen) atoms. The number of benzene rings is 1. The first-order chi connectivity index (χ1) is 9.54. The van der Waals surface area contributed by atoms with Gasteiger partial charge in [-0.2, -0.15) is 0 Å². The predicted molar refractivity (Wildman–Crippen MR) is 82.5 cm³/mol. The molecule has 1 unspecified atom stereocenters. The second kappa shape index (κ2) is 7.10. The summed E-state index contributed by atoms with van der Waals surface area (Å²) in [6, 6.07) is 5.70. The van der Waals surface area contributed by atoms with Crippen LogP contribution in [0.25, 0.3) is 0 Å². The largest absolute Gasteiger partial charge is 0.396 e. The minimum Gasteiger partial charge on any atom is -0.396 e. The van der Waals surface area contributed by atoms with Gasteiger partial charge in [-0.1, -0.05) is 23.2 Å². The Balaban J connectivity index is 1.98. The molecule has 2 N–H and O–H groups in total. The number of aliphatic hydroxyl groups excluding tert-OH is 1. The van der Waals surface area contributed by atoms with Gasteiger partial charge in [0.25, 0.3) is 0 Å². The summed E-state index contributed by atoms with van der Waals surface area (Å²) in [6.45, 7) is 4.47. The van der Waals surface area contributed by atoms with E-state index in [9.17, 15) is 5.11 Å². The van der Waals surface area contributed by atoms with Crippen LogP contribution in [-0.2, 0) is 4.74 Å². The second-order valence-electron chi connectivity index (χ2n) is 5.58. The predicted octanol–water partition coefficient (Wildman–Crippen LogP) is 3.43. The molecule has 0 aromatic heterocycles. The van der Waals surface area contributed by atoms with Crippen molar-refractivity contribution in [3.63, 3.8) is 0 Å². The van der Waals surface area contributed by atoms with Crippen LogP contribution in [0.5, 0.6) is 0 Å². The van der Waals surface area contributed by atoms with E-state index in [0.29, 0.717) is 10.0 Å². The number of ether oxygens (including phenoxy) is 1. The van der Waals surface area contributed by atoms with E-state index in [2.05, 4.69) is 12.2 Å². The lowest BCUT2D eigenvalue weighted by molar-refractivity contribution is -0.0163. The Morgan fingerprint density at radius 1 is 1.25 bits per heavy atom. The smallest absolute Gasteiger partial charge is 0.0501 e. The van der Waals surface area contributed by atoms with Gasteiger partial charge in [-0.15, -0.1) is 0 Å². The number of nitrogens with one attached hydrogen (secondary N) is 1. The van der Waals surface area contributed by atoms with Gasteiger partial charge in [-0.25, -0.2) is 0 Å². The highest BCUT2D eigenvalue weighted by molar-refractivity contribution is 6.34. The first-order valence-electron chi connectivity index (χ1n) is 6.93. The lowest BCUT2D eigenvalue weighted by Gasteiger charge is -2.36. The maximum Gasteiger partial charge on any atom is 0.0501 e. The molecule has 0 amide bonds. The molecule has 0 aliphatic carbocycles. The Morgan fingerprint density at radius 2 is 1.85 bits per heavy atom. The van der Waals surface area contributed by atoms with Crippen LogP contribution in [0.15, 0.2) is 18.2 Å². The van der Waals surface area contributed by atoms with Crippen LogP contribution in [0.3, 0.4) is 0 Å². The molecule has 0 radical (unpaired) electrons. The normalized spacial score (nSPS) is 19.8. The Morgan fingerprint density at radius 3 is 2.40 bits per heavy atom. The average molecular weight is 318 g/mol. The summed E-state index contributed by atoms with van der Waals surface area (Å²) >= 11 is 12.1. The zero-order chi connectivity index (χ0) is 14.6. The quantitative estimate of drug-likeness (QED) is 0.874. The molecule has 1 aliphatic rings. The molecule has 1 fully saturated rings. The maximum atomic E-state index is 9.68. The van der Waals surface area contributed by atoms with Crippen molar-refractivity contribution in [3.05, 3.63) is 33.8 Å². The maximum absolute atomic E-state index is 9.68. The van der Waals surface area contributed by atoms with E-state index in [0.717, 1.165) is 38.2 Å². The van der Waals surface area contributed by atoms with Crippen molar-refractivity contribution in [1.29, 1.82) is 0 Å². The van der Waals surface area contributed by atoms with E-state index < -0.39 is 0 Å². The summed E-state index contributed by atoms with van der Waals surface area (Å²) in [7, 11) is 0. The molecule has 3 nitrogen and oxygen atoms in total. The third kappa shape index (κ3) is 4.09. The van der Waals surface area contributed by atoms with Crippen LogP contribution < -0.4 is 5.32 Å². The van der Waals surface area contributed by atoms with Crippen molar-refractivity contribution in [3.8, 4) is 0 Å². The van der Waals surface area contributed by atoms with Crippen molar-refractivity contribution >= 4 is 23.2 Å². The van der Waals surface area contributed by atoms with E-state index in [-0.39, 0.29) is 18.1 Å². The van der Waals surface area contributed by atoms with Crippen molar-refractivity contribution in [1.82, 2.24) is 5.32 Å². The van der Waals surface area contributed by atoms with Gasteiger partial charge in [-0.05, 0) is 43.5 Å². The molecule has 0 saturated carbocycles. The molecule has 1 atom stereocenters. The van der Waals surface area contributed by atoms with Crippen LogP contribution in [-0.4, -0.2) is 31.5 Å². The van der Waals surface area contributed by atoms with Gasteiger partial charge < -0.3 is 15.2 Å². The Hall–Kier alpha value is -0.320. The summed E-state index contributed by atoms with van der Waals surface area (Å²) in [4.78, 5) is 0.